The van der Waals surface area contributed by atoms with Crippen molar-refractivity contribution in [3.8, 4) is 0 Å². The van der Waals surface area contributed by atoms with E-state index >= 15 is 0 Å². The molecule has 3 aromatic carbocycles. The van der Waals surface area contributed by atoms with Gasteiger partial charge in [-0.05, 0) is 55.2 Å². The van der Waals surface area contributed by atoms with Crippen LogP contribution in [0.4, 0.5) is 4.39 Å². The zero-order valence-corrected chi connectivity index (χ0v) is 18.1. The number of hydrogen-bond acceptors (Lipinski definition) is 2. The second-order valence-electron chi connectivity index (χ2n) is 8.36. The average Bonchev–Trinajstić information content (AvgIpc) is 2.84. The second-order valence-corrected chi connectivity index (χ2v) is 8.36. The van der Waals surface area contributed by atoms with Gasteiger partial charge < -0.3 is 10.2 Å². The second kappa shape index (κ2) is 9.77. The lowest BCUT2D eigenvalue weighted by Gasteiger charge is -2.33. The summed E-state index contributed by atoms with van der Waals surface area (Å²) in [5.41, 5.74) is 3.63. The van der Waals surface area contributed by atoms with Gasteiger partial charge in [0.2, 0.25) is 5.91 Å². The fourth-order valence-corrected chi connectivity index (χ4v) is 4.17. The molecule has 2 amide bonds. The van der Waals surface area contributed by atoms with E-state index in [4.69, 9.17) is 0 Å². The van der Waals surface area contributed by atoms with E-state index in [1.807, 2.05) is 61.5 Å². The molecule has 1 heterocycles. The smallest absolute Gasteiger partial charge is 0.253 e. The molecule has 0 bridgehead atoms. The van der Waals surface area contributed by atoms with E-state index in [1.54, 1.807) is 4.90 Å². The van der Waals surface area contributed by atoms with Gasteiger partial charge in [0.1, 0.15) is 5.82 Å². The monoisotopic (exact) mass is 430 g/mol. The third-order valence-electron chi connectivity index (χ3n) is 6.00. The minimum atomic E-state index is -0.375. The summed E-state index contributed by atoms with van der Waals surface area (Å²) in [4.78, 5) is 27.8. The fraction of sp³-hybridized carbons (Fsp3) is 0.259. The number of rotatable bonds is 5. The van der Waals surface area contributed by atoms with Crippen LogP contribution in [0, 0.1) is 18.7 Å². The molecule has 4 nitrogen and oxygen atoms in total. The van der Waals surface area contributed by atoms with E-state index in [-0.39, 0.29) is 29.6 Å². The van der Waals surface area contributed by atoms with Crippen molar-refractivity contribution < 1.29 is 14.0 Å². The summed E-state index contributed by atoms with van der Waals surface area (Å²) in [6.45, 7) is 2.99. The molecular weight excluding hydrogens is 403 g/mol. The van der Waals surface area contributed by atoms with Crippen LogP contribution in [0.25, 0.3) is 0 Å². The van der Waals surface area contributed by atoms with Crippen molar-refractivity contribution in [1.82, 2.24) is 10.2 Å². The first-order chi connectivity index (χ1) is 15.5. The molecule has 2 atom stereocenters. The number of likely N-dealkylation sites (tertiary alicyclic amines) is 1. The zero-order valence-electron chi connectivity index (χ0n) is 18.1. The molecule has 5 heteroatoms. The Kier molecular flexibility index (Phi) is 6.64. The average molecular weight is 431 g/mol. The highest BCUT2D eigenvalue weighted by Gasteiger charge is 2.30. The molecule has 0 aromatic heterocycles. The Morgan fingerprint density at radius 2 is 1.59 bits per heavy atom. The van der Waals surface area contributed by atoms with Gasteiger partial charge in [-0.3, -0.25) is 9.59 Å². The number of amides is 2. The Balaban J connectivity index is 1.49. The minimum Gasteiger partial charge on any atom is -0.345 e. The van der Waals surface area contributed by atoms with Gasteiger partial charge in [-0.2, -0.15) is 0 Å². The van der Waals surface area contributed by atoms with E-state index < -0.39 is 0 Å². The van der Waals surface area contributed by atoms with E-state index in [0.717, 1.165) is 29.5 Å². The molecule has 2 unspecified atom stereocenters. The number of hydrogen-bond donors (Lipinski definition) is 1. The van der Waals surface area contributed by atoms with E-state index in [1.165, 1.54) is 24.3 Å². The molecule has 1 fully saturated rings. The van der Waals surface area contributed by atoms with Crippen molar-refractivity contribution in [1.29, 1.82) is 0 Å². The lowest BCUT2D eigenvalue weighted by Crippen LogP contribution is -2.46. The molecule has 4 rings (SSSR count). The lowest BCUT2D eigenvalue weighted by atomic mass is 9.93. The minimum absolute atomic E-state index is 0.0592. The normalized spacial score (nSPS) is 16.9. The molecule has 0 spiro atoms. The molecule has 164 valence electrons. The van der Waals surface area contributed by atoms with Crippen LogP contribution >= 0.6 is 0 Å². The van der Waals surface area contributed by atoms with Crippen LogP contribution in [0.5, 0.6) is 0 Å². The first kappa shape index (κ1) is 21.8. The molecule has 0 aliphatic carbocycles. The number of halogens is 1. The van der Waals surface area contributed by atoms with Crippen molar-refractivity contribution in [2.75, 3.05) is 13.1 Å². The van der Waals surface area contributed by atoms with Gasteiger partial charge in [-0.15, -0.1) is 0 Å². The molecule has 1 aliphatic rings. The molecule has 0 saturated carbocycles. The molecule has 1 saturated heterocycles. The van der Waals surface area contributed by atoms with Crippen LogP contribution in [-0.2, 0) is 4.79 Å². The Morgan fingerprint density at radius 3 is 2.28 bits per heavy atom. The Hall–Kier alpha value is -3.47. The summed E-state index contributed by atoms with van der Waals surface area (Å²) in [6, 6.07) is 23.4. The van der Waals surface area contributed by atoms with Gasteiger partial charge in [-0.25, -0.2) is 4.39 Å². The van der Waals surface area contributed by atoms with Crippen LogP contribution in [0.15, 0.2) is 78.9 Å². The van der Waals surface area contributed by atoms with Gasteiger partial charge in [0, 0.05) is 18.7 Å². The van der Waals surface area contributed by atoms with Gasteiger partial charge >= 0.3 is 0 Å². The topological polar surface area (TPSA) is 49.4 Å². The van der Waals surface area contributed by atoms with Crippen molar-refractivity contribution >= 4 is 11.8 Å². The highest BCUT2D eigenvalue weighted by atomic mass is 19.1. The van der Waals surface area contributed by atoms with Crippen LogP contribution in [0.3, 0.4) is 0 Å². The summed E-state index contributed by atoms with van der Waals surface area (Å²) in [5, 5.41) is 3.22. The van der Waals surface area contributed by atoms with Crippen molar-refractivity contribution in [3.63, 3.8) is 0 Å². The maximum atomic E-state index is 13.3. The quantitative estimate of drug-likeness (QED) is 0.626. The van der Waals surface area contributed by atoms with Gasteiger partial charge in [0.25, 0.3) is 5.91 Å². The third kappa shape index (κ3) is 5.05. The highest BCUT2D eigenvalue weighted by Crippen LogP contribution is 2.25. The molecule has 32 heavy (non-hydrogen) atoms. The standard InChI is InChI=1S/C27H27FN2O2/c1-19-9-11-21(12-10-19)25(20-6-3-2-4-7-20)29-26(31)23-8-5-17-30(18-23)27(32)22-13-15-24(28)16-14-22/h2-4,6-7,9-16,23,25H,5,8,17-18H2,1H3,(H,29,31). The number of carbonyl (C=O) groups is 2. The molecule has 1 N–H and O–H groups in total. The number of carbonyl (C=O) groups excluding carboxylic acids is 2. The number of aryl methyl sites for hydroxylation is 1. The SMILES string of the molecule is Cc1ccc(C(NC(=O)C2CCCN(C(=O)c3ccc(F)cc3)C2)c2ccccc2)cc1. The maximum Gasteiger partial charge on any atom is 0.253 e. The largest absolute Gasteiger partial charge is 0.345 e. The molecule has 1 aliphatic heterocycles. The van der Waals surface area contributed by atoms with Gasteiger partial charge in [0.15, 0.2) is 0 Å². The van der Waals surface area contributed by atoms with E-state index in [0.29, 0.717) is 18.7 Å². The number of nitrogens with one attached hydrogen (secondary N) is 1. The van der Waals surface area contributed by atoms with Gasteiger partial charge in [0.05, 0.1) is 12.0 Å². The van der Waals surface area contributed by atoms with Crippen LogP contribution in [-0.4, -0.2) is 29.8 Å². The molecule has 0 radical (unpaired) electrons. The van der Waals surface area contributed by atoms with Crippen molar-refractivity contribution in [2.45, 2.75) is 25.8 Å². The summed E-state index contributed by atoms with van der Waals surface area (Å²) < 4.78 is 13.2. The molecular formula is C27H27FN2O2. The van der Waals surface area contributed by atoms with E-state index in [2.05, 4.69) is 5.32 Å². The Morgan fingerprint density at radius 1 is 0.938 bits per heavy atom. The van der Waals surface area contributed by atoms with Crippen LogP contribution < -0.4 is 5.32 Å². The Labute approximate surface area is 188 Å². The predicted octanol–water partition coefficient (Wildman–Crippen LogP) is 4.89. The summed E-state index contributed by atoms with van der Waals surface area (Å²) >= 11 is 0. The van der Waals surface area contributed by atoms with Gasteiger partial charge in [-0.1, -0.05) is 60.2 Å². The van der Waals surface area contributed by atoms with Crippen molar-refractivity contribution in [3.05, 3.63) is 107 Å². The fourth-order valence-electron chi connectivity index (χ4n) is 4.17. The van der Waals surface area contributed by atoms with Crippen LogP contribution in [0.2, 0.25) is 0 Å². The summed E-state index contributed by atoms with van der Waals surface area (Å²) in [7, 11) is 0. The summed E-state index contributed by atoms with van der Waals surface area (Å²) in [6.07, 6.45) is 1.49. The van der Waals surface area contributed by atoms with Crippen LogP contribution in [0.1, 0.15) is 45.9 Å². The third-order valence-corrected chi connectivity index (χ3v) is 6.00. The molecule has 3 aromatic rings. The first-order valence-electron chi connectivity index (χ1n) is 11.0. The predicted molar refractivity (Wildman–Crippen MR) is 123 cm³/mol. The van der Waals surface area contributed by atoms with Crippen molar-refractivity contribution in [2.24, 2.45) is 5.92 Å². The number of benzene rings is 3. The summed E-state index contributed by atoms with van der Waals surface area (Å²) in [5.74, 6) is -0.887. The zero-order chi connectivity index (χ0) is 22.5. The first-order valence-corrected chi connectivity index (χ1v) is 11.0. The number of nitrogens with zero attached hydrogens (tertiary/aromatic N) is 1. The maximum absolute atomic E-state index is 13.3. The Bertz CT molecular complexity index is 1070. The van der Waals surface area contributed by atoms with E-state index in [9.17, 15) is 14.0 Å². The lowest BCUT2D eigenvalue weighted by molar-refractivity contribution is -0.126. The highest BCUT2D eigenvalue weighted by molar-refractivity contribution is 5.94. The number of piperidine rings is 1.